The number of imidazole rings is 1. The molecule has 0 fully saturated rings. The third-order valence-corrected chi connectivity index (χ3v) is 2.94. The van der Waals surface area contributed by atoms with Crippen LogP contribution in [0.2, 0.25) is 0 Å². The van der Waals surface area contributed by atoms with Gasteiger partial charge in [-0.25, -0.2) is 4.98 Å². The molecule has 0 saturated carbocycles. The van der Waals surface area contributed by atoms with Crippen LogP contribution >= 0.6 is 24.0 Å². The van der Waals surface area contributed by atoms with E-state index >= 15 is 0 Å². The minimum Gasteiger partial charge on any atom is -0.492 e. The summed E-state index contributed by atoms with van der Waals surface area (Å²) < 4.78 is 7.65. The number of hydrogen-bond donors (Lipinski definition) is 2. The summed E-state index contributed by atoms with van der Waals surface area (Å²) in [5.41, 5.74) is 0. The molecule has 0 aliphatic carbocycles. The number of guanidine groups is 1. The summed E-state index contributed by atoms with van der Waals surface area (Å²) >= 11 is 0. The second-order valence-electron chi connectivity index (χ2n) is 4.65. The standard InChI is InChI=1S/C16H23N5O.HI/c1-2-18-16(19-9-12-21-11-8-17-14-21)20-10-13-22-15-6-4-3-5-7-15;/h3-8,11,14H,2,9-10,12-13H2,1H3,(H2,18,19,20);1H. The summed E-state index contributed by atoms with van der Waals surface area (Å²) in [6, 6.07) is 9.80. The molecule has 23 heavy (non-hydrogen) atoms. The quantitative estimate of drug-likeness (QED) is 0.292. The van der Waals surface area contributed by atoms with E-state index in [-0.39, 0.29) is 24.0 Å². The number of para-hydroxylation sites is 1. The minimum atomic E-state index is 0. The highest BCUT2D eigenvalue weighted by Crippen LogP contribution is 2.07. The lowest BCUT2D eigenvalue weighted by atomic mass is 10.3. The van der Waals surface area contributed by atoms with Gasteiger partial charge in [0, 0.05) is 25.5 Å². The Bertz CT molecular complexity index is 545. The second kappa shape index (κ2) is 11.8. The van der Waals surface area contributed by atoms with Gasteiger partial charge in [0.25, 0.3) is 0 Å². The molecule has 0 unspecified atom stereocenters. The van der Waals surface area contributed by atoms with Crippen molar-refractivity contribution in [3.05, 3.63) is 49.1 Å². The Morgan fingerprint density at radius 2 is 2.09 bits per heavy atom. The van der Waals surface area contributed by atoms with Crippen LogP contribution < -0.4 is 15.4 Å². The van der Waals surface area contributed by atoms with Gasteiger partial charge in [-0.1, -0.05) is 18.2 Å². The highest BCUT2D eigenvalue weighted by atomic mass is 127. The molecule has 0 aliphatic heterocycles. The van der Waals surface area contributed by atoms with Crippen molar-refractivity contribution in [2.24, 2.45) is 4.99 Å². The van der Waals surface area contributed by atoms with Crippen molar-refractivity contribution < 1.29 is 4.74 Å². The molecule has 0 radical (unpaired) electrons. The van der Waals surface area contributed by atoms with Gasteiger partial charge in [0.2, 0.25) is 0 Å². The molecule has 0 aliphatic rings. The van der Waals surface area contributed by atoms with Crippen LogP contribution in [0.3, 0.4) is 0 Å². The van der Waals surface area contributed by atoms with E-state index in [9.17, 15) is 0 Å². The van der Waals surface area contributed by atoms with Crippen molar-refractivity contribution >= 4 is 29.9 Å². The maximum absolute atomic E-state index is 5.64. The van der Waals surface area contributed by atoms with E-state index in [0.29, 0.717) is 19.7 Å². The molecule has 2 rings (SSSR count). The van der Waals surface area contributed by atoms with E-state index in [1.807, 2.05) is 48.0 Å². The number of halogens is 1. The first-order valence-electron chi connectivity index (χ1n) is 7.54. The minimum absolute atomic E-state index is 0. The second-order valence-corrected chi connectivity index (χ2v) is 4.65. The number of aromatic nitrogens is 2. The number of rotatable bonds is 8. The third kappa shape index (κ3) is 7.87. The highest BCUT2D eigenvalue weighted by molar-refractivity contribution is 14.0. The molecule has 2 N–H and O–H groups in total. The molecule has 0 amide bonds. The molecule has 7 heteroatoms. The molecule has 6 nitrogen and oxygen atoms in total. The Morgan fingerprint density at radius 1 is 1.26 bits per heavy atom. The predicted octanol–water partition coefficient (Wildman–Crippen LogP) is 2.14. The summed E-state index contributed by atoms with van der Waals surface area (Å²) in [4.78, 5) is 8.54. The molecule has 1 heterocycles. The number of nitrogens with one attached hydrogen (secondary N) is 2. The molecule has 1 aromatic heterocycles. The first-order valence-corrected chi connectivity index (χ1v) is 7.54. The molecule has 1 aromatic carbocycles. The van der Waals surface area contributed by atoms with Crippen molar-refractivity contribution in [1.82, 2.24) is 20.2 Å². The van der Waals surface area contributed by atoms with Crippen LogP contribution in [0.15, 0.2) is 54.0 Å². The smallest absolute Gasteiger partial charge is 0.191 e. The molecule has 0 bridgehead atoms. The third-order valence-electron chi connectivity index (χ3n) is 2.94. The molecule has 0 atom stereocenters. The Hall–Kier alpha value is -1.77. The zero-order chi connectivity index (χ0) is 15.5. The zero-order valence-electron chi connectivity index (χ0n) is 13.3. The highest BCUT2D eigenvalue weighted by Gasteiger charge is 1.97. The Kier molecular flexibility index (Phi) is 9.85. The van der Waals surface area contributed by atoms with Gasteiger partial charge in [-0.3, -0.25) is 4.99 Å². The van der Waals surface area contributed by atoms with E-state index in [1.165, 1.54) is 0 Å². The fourth-order valence-electron chi connectivity index (χ4n) is 1.89. The first kappa shape index (κ1) is 19.3. The number of nitrogens with zero attached hydrogens (tertiary/aromatic N) is 3. The molecule has 126 valence electrons. The topological polar surface area (TPSA) is 63.5 Å². The van der Waals surface area contributed by atoms with Crippen LogP contribution in [-0.4, -0.2) is 41.8 Å². The van der Waals surface area contributed by atoms with Crippen molar-refractivity contribution in [2.75, 3.05) is 26.2 Å². The number of hydrogen-bond acceptors (Lipinski definition) is 3. The largest absolute Gasteiger partial charge is 0.492 e. The first-order chi connectivity index (χ1) is 10.9. The number of aliphatic imine (C=N–C) groups is 1. The van der Waals surface area contributed by atoms with Gasteiger partial charge >= 0.3 is 0 Å². The van der Waals surface area contributed by atoms with E-state index in [1.54, 1.807) is 12.5 Å². The maximum Gasteiger partial charge on any atom is 0.191 e. The monoisotopic (exact) mass is 429 g/mol. The van der Waals surface area contributed by atoms with Crippen LogP contribution in [0.1, 0.15) is 6.92 Å². The van der Waals surface area contributed by atoms with Gasteiger partial charge in [-0.2, -0.15) is 0 Å². The fraction of sp³-hybridized carbons (Fsp3) is 0.375. The van der Waals surface area contributed by atoms with Gasteiger partial charge in [0.1, 0.15) is 12.4 Å². The molecular formula is C16H24IN5O. The predicted molar refractivity (Wildman–Crippen MR) is 104 cm³/mol. The Balaban J connectivity index is 0.00000264. The van der Waals surface area contributed by atoms with Gasteiger partial charge in [-0.05, 0) is 19.1 Å². The van der Waals surface area contributed by atoms with Crippen molar-refractivity contribution in [2.45, 2.75) is 13.5 Å². The van der Waals surface area contributed by atoms with Crippen molar-refractivity contribution in [3.8, 4) is 5.75 Å². The van der Waals surface area contributed by atoms with Crippen LogP contribution in [0, 0.1) is 0 Å². The van der Waals surface area contributed by atoms with Crippen molar-refractivity contribution in [1.29, 1.82) is 0 Å². The lowest BCUT2D eigenvalue weighted by Gasteiger charge is -2.12. The number of ether oxygens (including phenoxy) is 1. The van der Waals surface area contributed by atoms with Crippen LogP contribution in [0.4, 0.5) is 0 Å². The fourth-order valence-corrected chi connectivity index (χ4v) is 1.89. The average molecular weight is 429 g/mol. The Morgan fingerprint density at radius 3 is 2.78 bits per heavy atom. The van der Waals surface area contributed by atoms with E-state index in [2.05, 4.69) is 20.6 Å². The SMILES string of the molecule is CCNC(=NCCn1ccnc1)NCCOc1ccccc1.I. The Labute approximate surface area is 154 Å². The van der Waals surface area contributed by atoms with Gasteiger partial charge in [0.05, 0.1) is 19.4 Å². The molecule has 0 saturated heterocycles. The maximum atomic E-state index is 5.64. The van der Waals surface area contributed by atoms with E-state index < -0.39 is 0 Å². The molecule has 0 spiro atoms. The van der Waals surface area contributed by atoms with Crippen LogP contribution in [0.25, 0.3) is 0 Å². The zero-order valence-corrected chi connectivity index (χ0v) is 15.6. The van der Waals surface area contributed by atoms with Gasteiger partial charge < -0.3 is 19.9 Å². The van der Waals surface area contributed by atoms with Gasteiger partial charge in [0.15, 0.2) is 5.96 Å². The lowest BCUT2D eigenvalue weighted by Crippen LogP contribution is -2.39. The van der Waals surface area contributed by atoms with Gasteiger partial charge in [-0.15, -0.1) is 24.0 Å². The summed E-state index contributed by atoms with van der Waals surface area (Å²) in [7, 11) is 0. The summed E-state index contributed by atoms with van der Waals surface area (Å²) in [6.45, 7) is 5.69. The summed E-state index contributed by atoms with van der Waals surface area (Å²) in [5.74, 6) is 1.69. The van der Waals surface area contributed by atoms with Crippen molar-refractivity contribution in [3.63, 3.8) is 0 Å². The summed E-state index contributed by atoms with van der Waals surface area (Å²) in [6.07, 6.45) is 5.50. The van der Waals surface area contributed by atoms with Crippen LogP contribution in [-0.2, 0) is 6.54 Å². The molecule has 2 aromatic rings. The van der Waals surface area contributed by atoms with E-state index in [4.69, 9.17) is 4.74 Å². The molecular weight excluding hydrogens is 405 g/mol. The average Bonchev–Trinajstić information content (AvgIpc) is 3.06. The van der Waals surface area contributed by atoms with Crippen LogP contribution in [0.5, 0.6) is 5.75 Å². The summed E-state index contributed by atoms with van der Waals surface area (Å²) in [5, 5.41) is 6.48. The van der Waals surface area contributed by atoms with E-state index in [0.717, 1.165) is 24.8 Å². The number of benzene rings is 1. The lowest BCUT2D eigenvalue weighted by molar-refractivity contribution is 0.322. The normalized spacial score (nSPS) is 10.7.